The molecule has 0 aliphatic rings. The third-order valence-electron chi connectivity index (χ3n) is 11.0. The SMILES string of the molecule is c1ccc(-c2cccc(-c3nc(-c4cccc(-c5cc6c(-c7ccc8ccccc8c7)nc7ccccc7c6c6ccccc56)c4)c4ccccc4n3)c2)cc1. The van der Waals surface area contributed by atoms with Crippen LogP contribution in [0.25, 0.3) is 110 Å². The van der Waals surface area contributed by atoms with Gasteiger partial charge in [0.15, 0.2) is 5.82 Å². The second-order valence-electron chi connectivity index (χ2n) is 14.4. The highest BCUT2D eigenvalue weighted by Gasteiger charge is 2.18. The molecule has 11 aromatic rings. The number of rotatable bonds is 5. The zero-order chi connectivity index (χ0) is 37.0. The predicted octanol–water partition coefficient (Wildman–Crippen LogP) is 14.0. The van der Waals surface area contributed by atoms with Crippen LogP contribution in [-0.4, -0.2) is 15.0 Å². The Hall–Kier alpha value is -7.49. The number of hydrogen-bond acceptors (Lipinski definition) is 3. The Morgan fingerprint density at radius 2 is 0.839 bits per heavy atom. The molecule has 0 atom stereocenters. The summed E-state index contributed by atoms with van der Waals surface area (Å²) in [4.78, 5) is 15.8. The van der Waals surface area contributed by atoms with E-state index in [1.54, 1.807) is 0 Å². The van der Waals surface area contributed by atoms with Gasteiger partial charge in [-0.05, 0) is 80.2 Å². The molecule has 0 spiro atoms. The van der Waals surface area contributed by atoms with Gasteiger partial charge < -0.3 is 0 Å². The van der Waals surface area contributed by atoms with Crippen LogP contribution in [0.3, 0.4) is 0 Å². The van der Waals surface area contributed by atoms with Crippen LogP contribution in [0.1, 0.15) is 0 Å². The lowest BCUT2D eigenvalue weighted by Crippen LogP contribution is -1.96. The number of para-hydroxylation sites is 2. The Labute approximate surface area is 324 Å². The maximum absolute atomic E-state index is 5.37. The van der Waals surface area contributed by atoms with Gasteiger partial charge in [0.05, 0.1) is 22.4 Å². The van der Waals surface area contributed by atoms with Gasteiger partial charge in [-0.15, -0.1) is 0 Å². The maximum atomic E-state index is 5.37. The molecule has 2 heterocycles. The number of benzene rings is 9. The van der Waals surface area contributed by atoms with Gasteiger partial charge in [0.2, 0.25) is 0 Å². The molecule has 0 amide bonds. The highest BCUT2D eigenvalue weighted by molar-refractivity contribution is 6.25. The first-order chi connectivity index (χ1) is 27.7. The van der Waals surface area contributed by atoms with Crippen LogP contribution in [0.5, 0.6) is 0 Å². The quantitative estimate of drug-likeness (QED) is 0.167. The van der Waals surface area contributed by atoms with E-state index in [9.17, 15) is 0 Å². The summed E-state index contributed by atoms with van der Waals surface area (Å²) in [6.07, 6.45) is 0. The Kier molecular flexibility index (Phi) is 7.49. The van der Waals surface area contributed by atoms with Crippen LogP contribution in [-0.2, 0) is 0 Å². The molecule has 0 radical (unpaired) electrons. The topological polar surface area (TPSA) is 38.7 Å². The third kappa shape index (κ3) is 5.40. The fourth-order valence-electron chi connectivity index (χ4n) is 8.34. The fourth-order valence-corrected chi connectivity index (χ4v) is 8.34. The van der Waals surface area contributed by atoms with E-state index >= 15 is 0 Å². The van der Waals surface area contributed by atoms with Crippen molar-refractivity contribution >= 4 is 54.1 Å². The molecule has 56 heavy (non-hydrogen) atoms. The van der Waals surface area contributed by atoms with Crippen LogP contribution >= 0.6 is 0 Å². The van der Waals surface area contributed by atoms with Crippen molar-refractivity contribution in [2.45, 2.75) is 0 Å². The average molecular weight is 712 g/mol. The lowest BCUT2D eigenvalue weighted by molar-refractivity contribution is 1.23. The van der Waals surface area contributed by atoms with Crippen LogP contribution < -0.4 is 0 Å². The first kappa shape index (κ1) is 32.0. The van der Waals surface area contributed by atoms with Crippen molar-refractivity contribution in [3.8, 4) is 56.2 Å². The Bertz CT molecular complexity index is 3310. The summed E-state index contributed by atoms with van der Waals surface area (Å²) in [5.74, 6) is 0.705. The zero-order valence-electron chi connectivity index (χ0n) is 30.4. The van der Waals surface area contributed by atoms with Gasteiger partial charge in [0.25, 0.3) is 0 Å². The van der Waals surface area contributed by atoms with Crippen molar-refractivity contribution in [3.05, 3.63) is 200 Å². The molecule has 11 rings (SSSR count). The second-order valence-corrected chi connectivity index (χ2v) is 14.4. The minimum Gasteiger partial charge on any atom is -0.247 e. The molecule has 2 aromatic heterocycles. The van der Waals surface area contributed by atoms with Crippen molar-refractivity contribution < 1.29 is 0 Å². The summed E-state index contributed by atoms with van der Waals surface area (Å²) in [6, 6.07) is 71.0. The van der Waals surface area contributed by atoms with Crippen molar-refractivity contribution in [2.24, 2.45) is 0 Å². The van der Waals surface area contributed by atoms with Crippen LogP contribution in [0.4, 0.5) is 0 Å². The van der Waals surface area contributed by atoms with Crippen LogP contribution in [0, 0.1) is 0 Å². The molecule has 0 saturated carbocycles. The van der Waals surface area contributed by atoms with E-state index in [1.165, 1.54) is 26.9 Å². The molecule has 0 saturated heterocycles. The maximum Gasteiger partial charge on any atom is 0.160 e. The summed E-state index contributed by atoms with van der Waals surface area (Å²) < 4.78 is 0. The smallest absolute Gasteiger partial charge is 0.160 e. The van der Waals surface area contributed by atoms with Crippen LogP contribution in [0.2, 0.25) is 0 Å². The number of pyridine rings is 1. The molecule has 0 N–H and O–H groups in total. The van der Waals surface area contributed by atoms with Gasteiger partial charge >= 0.3 is 0 Å². The highest BCUT2D eigenvalue weighted by Crippen LogP contribution is 2.43. The van der Waals surface area contributed by atoms with E-state index in [1.807, 2.05) is 12.1 Å². The van der Waals surface area contributed by atoms with Gasteiger partial charge in [-0.1, -0.05) is 164 Å². The Balaban J connectivity index is 1.13. The molecule has 0 fully saturated rings. The molecule has 260 valence electrons. The van der Waals surface area contributed by atoms with Crippen molar-refractivity contribution in [1.82, 2.24) is 15.0 Å². The largest absolute Gasteiger partial charge is 0.247 e. The molecule has 0 aliphatic heterocycles. The summed E-state index contributed by atoms with van der Waals surface area (Å²) in [5.41, 5.74) is 11.5. The molecule has 3 nitrogen and oxygen atoms in total. The predicted molar refractivity (Wildman–Crippen MR) is 235 cm³/mol. The molecule has 0 unspecified atom stereocenters. The van der Waals surface area contributed by atoms with E-state index in [4.69, 9.17) is 15.0 Å². The van der Waals surface area contributed by atoms with E-state index in [-0.39, 0.29) is 0 Å². The minimum atomic E-state index is 0.705. The molecule has 9 aromatic carbocycles. The minimum absolute atomic E-state index is 0.705. The molecule has 0 bridgehead atoms. The molecule has 0 aliphatic carbocycles. The fraction of sp³-hybridized carbons (Fsp3) is 0. The van der Waals surface area contributed by atoms with Gasteiger partial charge in [0.1, 0.15) is 0 Å². The second kappa shape index (κ2) is 13.1. The first-order valence-electron chi connectivity index (χ1n) is 19.0. The molecular weight excluding hydrogens is 679 g/mol. The summed E-state index contributed by atoms with van der Waals surface area (Å²) in [6.45, 7) is 0. The third-order valence-corrected chi connectivity index (χ3v) is 11.0. The normalized spacial score (nSPS) is 11.6. The van der Waals surface area contributed by atoms with Crippen molar-refractivity contribution in [2.75, 3.05) is 0 Å². The summed E-state index contributed by atoms with van der Waals surface area (Å²) >= 11 is 0. The molecule has 3 heteroatoms. The van der Waals surface area contributed by atoms with E-state index in [0.29, 0.717) is 5.82 Å². The summed E-state index contributed by atoms with van der Waals surface area (Å²) in [5, 5.41) is 9.34. The number of hydrogen-bond donors (Lipinski definition) is 0. The Morgan fingerprint density at radius 3 is 1.68 bits per heavy atom. The van der Waals surface area contributed by atoms with Gasteiger partial charge in [-0.3, -0.25) is 0 Å². The zero-order valence-corrected chi connectivity index (χ0v) is 30.4. The standard InChI is InChI=1S/C53H33N3/c1-2-14-34(15-3-1)37-18-12-21-41(31-37)53-55-49-27-11-9-25-45(49)51(56-53)39-20-13-19-38(32-39)46-33-47-50(43-23-7-6-22-42(43)46)44-24-8-10-26-48(44)54-52(47)40-29-28-35-16-4-5-17-36(35)30-40/h1-33H. The molecular formula is C53H33N3. The van der Waals surface area contributed by atoms with Gasteiger partial charge in [-0.2, -0.15) is 0 Å². The lowest BCUT2D eigenvalue weighted by atomic mass is 9.89. The number of aromatic nitrogens is 3. The van der Waals surface area contributed by atoms with E-state index in [2.05, 4.69) is 188 Å². The van der Waals surface area contributed by atoms with E-state index < -0.39 is 0 Å². The van der Waals surface area contributed by atoms with Crippen molar-refractivity contribution in [1.29, 1.82) is 0 Å². The summed E-state index contributed by atoms with van der Waals surface area (Å²) in [7, 11) is 0. The number of nitrogens with zero attached hydrogens (tertiary/aromatic N) is 3. The van der Waals surface area contributed by atoms with Gasteiger partial charge in [-0.25, -0.2) is 15.0 Å². The van der Waals surface area contributed by atoms with Gasteiger partial charge in [0, 0.05) is 38.2 Å². The monoisotopic (exact) mass is 711 g/mol. The highest BCUT2D eigenvalue weighted by atomic mass is 14.9. The van der Waals surface area contributed by atoms with E-state index in [0.717, 1.165) is 77.5 Å². The number of fused-ring (bicyclic) bond motifs is 7. The lowest BCUT2D eigenvalue weighted by Gasteiger charge is -2.17. The van der Waals surface area contributed by atoms with Crippen LogP contribution in [0.15, 0.2) is 200 Å². The van der Waals surface area contributed by atoms with Crippen molar-refractivity contribution in [3.63, 3.8) is 0 Å². The average Bonchev–Trinajstić information content (AvgIpc) is 3.28. The first-order valence-corrected chi connectivity index (χ1v) is 19.0. The Morgan fingerprint density at radius 1 is 0.268 bits per heavy atom.